The molecule has 80 valence electrons. The van der Waals surface area contributed by atoms with Gasteiger partial charge < -0.3 is 16.0 Å². The highest BCUT2D eigenvalue weighted by atomic mass is 16.2. The van der Waals surface area contributed by atoms with Gasteiger partial charge in [0.15, 0.2) is 0 Å². The number of amides is 2. The zero-order valence-corrected chi connectivity index (χ0v) is 8.62. The van der Waals surface area contributed by atoms with Crippen molar-refractivity contribution in [2.24, 2.45) is 5.73 Å². The Bertz CT molecular complexity index is 240. The first-order valence-electron chi connectivity index (χ1n) is 4.85. The molecular weight excluding hydrogens is 182 g/mol. The van der Waals surface area contributed by atoms with E-state index in [0.717, 1.165) is 12.8 Å². The first-order chi connectivity index (χ1) is 6.57. The van der Waals surface area contributed by atoms with Gasteiger partial charge in [-0.15, -0.1) is 0 Å². The predicted molar refractivity (Wildman–Crippen MR) is 52.5 cm³/mol. The number of carbonyl (C=O) groups is 2. The molecule has 5 nitrogen and oxygen atoms in total. The molecule has 14 heavy (non-hydrogen) atoms. The number of nitrogens with zero attached hydrogens (tertiary/aromatic N) is 1. The molecule has 0 aromatic rings. The lowest BCUT2D eigenvalue weighted by molar-refractivity contribution is -0.138. The smallest absolute Gasteiger partial charge is 0.242 e. The van der Waals surface area contributed by atoms with Crippen LogP contribution in [0.25, 0.3) is 0 Å². The average Bonchev–Trinajstić information content (AvgIpc) is 2.63. The Morgan fingerprint density at radius 2 is 2.21 bits per heavy atom. The average molecular weight is 199 g/mol. The van der Waals surface area contributed by atoms with Gasteiger partial charge in [0.05, 0.1) is 6.04 Å². The monoisotopic (exact) mass is 199 g/mol. The quantitative estimate of drug-likeness (QED) is 0.603. The van der Waals surface area contributed by atoms with Crippen LogP contribution in [-0.4, -0.2) is 42.4 Å². The van der Waals surface area contributed by atoms with Gasteiger partial charge in [-0.25, -0.2) is 0 Å². The number of likely N-dealkylation sites (tertiary alicyclic amines) is 1. The number of likely N-dealkylation sites (N-methyl/N-ethyl adjacent to an activating group) is 1. The molecule has 2 amide bonds. The number of carbonyl (C=O) groups excluding carboxylic acids is 2. The highest BCUT2D eigenvalue weighted by Gasteiger charge is 2.34. The van der Waals surface area contributed by atoms with E-state index in [1.54, 1.807) is 18.9 Å². The molecule has 1 rings (SSSR count). The summed E-state index contributed by atoms with van der Waals surface area (Å²) in [6, 6.07) is -0.848. The van der Waals surface area contributed by atoms with Crippen LogP contribution in [0.15, 0.2) is 0 Å². The van der Waals surface area contributed by atoms with Crippen molar-refractivity contribution in [1.82, 2.24) is 10.2 Å². The molecule has 1 heterocycles. The Morgan fingerprint density at radius 3 is 2.71 bits per heavy atom. The molecule has 1 saturated heterocycles. The number of nitrogens with one attached hydrogen (secondary N) is 1. The molecular formula is C9H17N3O2. The fraction of sp³-hybridized carbons (Fsp3) is 0.778. The minimum atomic E-state index is -0.528. The third-order valence-electron chi connectivity index (χ3n) is 2.47. The fourth-order valence-corrected chi connectivity index (χ4v) is 1.73. The van der Waals surface area contributed by atoms with E-state index in [-0.39, 0.29) is 17.9 Å². The zero-order valence-electron chi connectivity index (χ0n) is 8.62. The summed E-state index contributed by atoms with van der Waals surface area (Å²) in [5.74, 6) is -0.243. The minimum Gasteiger partial charge on any atom is -0.357 e. The van der Waals surface area contributed by atoms with Crippen LogP contribution in [0, 0.1) is 0 Å². The summed E-state index contributed by atoms with van der Waals surface area (Å²) in [4.78, 5) is 24.6. The van der Waals surface area contributed by atoms with Gasteiger partial charge in [0.25, 0.3) is 0 Å². The van der Waals surface area contributed by atoms with Crippen LogP contribution in [0.4, 0.5) is 0 Å². The Hall–Kier alpha value is -1.10. The van der Waals surface area contributed by atoms with E-state index in [1.165, 1.54) is 0 Å². The SMILES string of the molecule is CNC(=O)[C@@H]1CCCN1C(=O)C(C)N. The van der Waals surface area contributed by atoms with Gasteiger partial charge in [-0.05, 0) is 19.8 Å². The third-order valence-corrected chi connectivity index (χ3v) is 2.47. The van der Waals surface area contributed by atoms with Crippen molar-refractivity contribution < 1.29 is 9.59 Å². The number of rotatable bonds is 2. The summed E-state index contributed by atoms with van der Waals surface area (Å²) in [6.07, 6.45) is 1.61. The number of hydrogen-bond acceptors (Lipinski definition) is 3. The maximum atomic E-state index is 11.6. The molecule has 1 unspecified atom stereocenters. The first-order valence-corrected chi connectivity index (χ1v) is 4.85. The van der Waals surface area contributed by atoms with Gasteiger partial charge >= 0.3 is 0 Å². The lowest BCUT2D eigenvalue weighted by Crippen LogP contribution is -2.49. The van der Waals surface area contributed by atoms with Crippen LogP contribution in [-0.2, 0) is 9.59 Å². The lowest BCUT2D eigenvalue weighted by Gasteiger charge is -2.24. The van der Waals surface area contributed by atoms with Crippen LogP contribution in [0.1, 0.15) is 19.8 Å². The molecule has 0 aliphatic carbocycles. The van der Waals surface area contributed by atoms with E-state index in [9.17, 15) is 9.59 Å². The van der Waals surface area contributed by atoms with E-state index in [2.05, 4.69) is 5.32 Å². The maximum Gasteiger partial charge on any atom is 0.242 e. The van der Waals surface area contributed by atoms with Gasteiger partial charge in [-0.2, -0.15) is 0 Å². The Kier molecular flexibility index (Phi) is 3.46. The molecule has 1 fully saturated rings. The van der Waals surface area contributed by atoms with Crippen molar-refractivity contribution in [1.29, 1.82) is 0 Å². The Morgan fingerprint density at radius 1 is 1.57 bits per heavy atom. The van der Waals surface area contributed by atoms with Crippen LogP contribution in [0.3, 0.4) is 0 Å². The topological polar surface area (TPSA) is 75.4 Å². The second kappa shape index (κ2) is 4.41. The summed E-state index contributed by atoms with van der Waals surface area (Å²) < 4.78 is 0. The van der Waals surface area contributed by atoms with E-state index in [0.29, 0.717) is 6.54 Å². The molecule has 0 aromatic carbocycles. The van der Waals surface area contributed by atoms with Crippen LogP contribution >= 0.6 is 0 Å². The minimum absolute atomic E-state index is 0.100. The van der Waals surface area contributed by atoms with Gasteiger partial charge in [-0.1, -0.05) is 0 Å². The normalized spacial score (nSPS) is 23.4. The zero-order chi connectivity index (χ0) is 10.7. The lowest BCUT2D eigenvalue weighted by atomic mass is 10.2. The molecule has 3 N–H and O–H groups in total. The van der Waals surface area contributed by atoms with Crippen molar-refractivity contribution in [3.05, 3.63) is 0 Å². The highest BCUT2D eigenvalue weighted by Crippen LogP contribution is 2.17. The predicted octanol–water partition coefficient (Wildman–Crippen LogP) is -0.929. The van der Waals surface area contributed by atoms with Gasteiger partial charge in [0.1, 0.15) is 6.04 Å². The second-order valence-electron chi connectivity index (χ2n) is 3.59. The highest BCUT2D eigenvalue weighted by molar-refractivity contribution is 5.89. The molecule has 1 aliphatic rings. The summed E-state index contributed by atoms with van der Waals surface area (Å²) >= 11 is 0. The summed E-state index contributed by atoms with van der Waals surface area (Å²) in [7, 11) is 1.58. The molecule has 0 saturated carbocycles. The Balaban J connectivity index is 2.68. The van der Waals surface area contributed by atoms with Crippen LogP contribution in [0.5, 0.6) is 0 Å². The summed E-state index contributed by atoms with van der Waals surface area (Å²) in [6.45, 7) is 2.28. The van der Waals surface area contributed by atoms with Crippen LogP contribution in [0.2, 0.25) is 0 Å². The molecule has 0 bridgehead atoms. The second-order valence-corrected chi connectivity index (χ2v) is 3.59. The van der Waals surface area contributed by atoms with Crippen LogP contribution < -0.4 is 11.1 Å². The van der Waals surface area contributed by atoms with Crippen molar-refractivity contribution in [3.63, 3.8) is 0 Å². The third kappa shape index (κ3) is 2.04. The summed E-state index contributed by atoms with van der Waals surface area (Å²) in [5.41, 5.74) is 5.50. The van der Waals surface area contributed by atoms with E-state index >= 15 is 0 Å². The molecule has 0 spiro atoms. The van der Waals surface area contributed by atoms with Gasteiger partial charge in [0, 0.05) is 13.6 Å². The molecule has 1 aliphatic heterocycles. The van der Waals surface area contributed by atoms with E-state index < -0.39 is 6.04 Å². The Labute approximate surface area is 83.6 Å². The molecule has 5 heteroatoms. The number of nitrogens with two attached hydrogens (primary N) is 1. The van der Waals surface area contributed by atoms with Crippen molar-refractivity contribution in [2.75, 3.05) is 13.6 Å². The standard InChI is InChI=1S/C9H17N3O2/c1-6(10)9(14)12-5-3-4-7(12)8(13)11-2/h6-7H,3-5,10H2,1-2H3,(H,11,13)/t6?,7-/m0/s1. The number of hydrogen-bond donors (Lipinski definition) is 2. The van der Waals surface area contributed by atoms with Gasteiger partial charge in [-0.3, -0.25) is 9.59 Å². The van der Waals surface area contributed by atoms with Crippen molar-refractivity contribution in [3.8, 4) is 0 Å². The van der Waals surface area contributed by atoms with Crippen molar-refractivity contribution >= 4 is 11.8 Å². The summed E-state index contributed by atoms with van der Waals surface area (Å²) in [5, 5.41) is 2.56. The van der Waals surface area contributed by atoms with E-state index in [1.807, 2.05) is 0 Å². The largest absolute Gasteiger partial charge is 0.357 e. The maximum absolute atomic E-state index is 11.6. The molecule has 2 atom stereocenters. The molecule has 0 aromatic heterocycles. The van der Waals surface area contributed by atoms with E-state index in [4.69, 9.17) is 5.73 Å². The van der Waals surface area contributed by atoms with Crippen molar-refractivity contribution in [2.45, 2.75) is 31.8 Å². The molecule has 0 radical (unpaired) electrons. The van der Waals surface area contributed by atoms with Gasteiger partial charge in [0.2, 0.25) is 11.8 Å². The fourth-order valence-electron chi connectivity index (χ4n) is 1.73. The first kappa shape index (κ1) is 11.0.